The van der Waals surface area contributed by atoms with Gasteiger partial charge in [-0.25, -0.2) is 4.98 Å². The molecule has 1 amide bonds. The van der Waals surface area contributed by atoms with E-state index in [1.807, 2.05) is 17.5 Å². The van der Waals surface area contributed by atoms with Crippen molar-refractivity contribution in [3.63, 3.8) is 0 Å². The Morgan fingerprint density at radius 2 is 1.91 bits per heavy atom. The fraction of sp³-hybridized carbons (Fsp3) is 0.333. The standard InChI is InChI=1S/C24H27N5OS3/c1-5-6-19-11-18(12-31-19)22-27-28-24(29(22)15(2)3)33-14-21(30)26-23-25-20(13-32-23)17-9-7-16(4)8-10-17/h7-13,15H,5-6,14H2,1-4H3,(H,25,26,30). The Hall–Kier alpha value is -2.49. The summed E-state index contributed by atoms with van der Waals surface area (Å²) in [6.45, 7) is 8.46. The molecule has 1 N–H and O–H groups in total. The molecule has 33 heavy (non-hydrogen) atoms. The molecule has 0 aliphatic rings. The third-order valence-corrected chi connectivity index (χ3v) is 7.72. The number of thiophene rings is 1. The van der Waals surface area contributed by atoms with Crippen LogP contribution in [0.5, 0.6) is 0 Å². The average molecular weight is 498 g/mol. The van der Waals surface area contributed by atoms with Crippen LogP contribution in [0.3, 0.4) is 0 Å². The zero-order chi connectivity index (χ0) is 23.4. The van der Waals surface area contributed by atoms with Crippen LogP contribution in [0.15, 0.2) is 46.2 Å². The van der Waals surface area contributed by atoms with E-state index in [2.05, 4.69) is 76.3 Å². The van der Waals surface area contributed by atoms with Crippen molar-refractivity contribution in [1.29, 1.82) is 0 Å². The predicted octanol–water partition coefficient (Wildman–Crippen LogP) is 6.70. The van der Waals surface area contributed by atoms with E-state index in [1.54, 1.807) is 11.3 Å². The van der Waals surface area contributed by atoms with Crippen LogP contribution in [-0.2, 0) is 11.2 Å². The van der Waals surface area contributed by atoms with Crippen molar-refractivity contribution in [1.82, 2.24) is 19.7 Å². The van der Waals surface area contributed by atoms with Crippen molar-refractivity contribution < 1.29 is 4.79 Å². The molecule has 3 aromatic heterocycles. The molecule has 9 heteroatoms. The summed E-state index contributed by atoms with van der Waals surface area (Å²) in [7, 11) is 0. The van der Waals surface area contributed by atoms with Gasteiger partial charge in [-0.15, -0.1) is 32.9 Å². The molecule has 0 spiro atoms. The van der Waals surface area contributed by atoms with Gasteiger partial charge in [0, 0.05) is 32.8 Å². The van der Waals surface area contributed by atoms with Gasteiger partial charge in [0.2, 0.25) is 5.91 Å². The number of nitrogens with zero attached hydrogens (tertiary/aromatic N) is 4. The van der Waals surface area contributed by atoms with Crippen LogP contribution < -0.4 is 5.32 Å². The zero-order valence-electron chi connectivity index (χ0n) is 19.2. The summed E-state index contributed by atoms with van der Waals surface area (Å²) in [4.78, 5) is 18.5. The maximum Gasteiger partial charge on any atom is 0.236 e. The highest BCUT2D eigenvalue weighted by molar-refractivity contribution is 7.99. The molecule has 0 aliphatic heterocycles. The number of thioether (sulfide) groups is 1. The summed E-state index contributed by atoms with van der Waals surface area (Å²) < 4.78 is 2.11. The molecular formula is C24H27N5OS3. The Morgan fingerprint density at radius 3 is 2.64 bits per heavy atom. The van der Waals surface area contributed by atoms with E-state index >= 15 is 0 Å². The lowest BCUT2D eigenvalue weighted by atomic mass is 10.1. The topological polar surface area (TPSA) is 72.7 Å². The minimum Gasteiger partial charge on any atom is -0.301 e. The number of hydrogen-bond acceptors (Lipinski definition) is 7. The lowest BCUT2D eigenvalue weighted by Crippen LogP contribution is -2.15. The van der Waals surface area contributed by atoms with Gasteiger partial charge in [-0.2, -0.15) is 0 Å². The molecular weight excluding hydrogens is 470 g/mol. The van der Waals surface area contributed by atoms with E-state index in [4.69, 9.17) is 0 Å². The van der Waals surface area contributed by atoms with Crippen molar-refractivity contribution in [2.75, 3.05) is 11.1 Å². The fourth-order valence-corrected chi connectivity index (χ4v) is 5.96. The molecule has 0 fully saturated rings. The first kappa shape index (κ1) is 23.7. The van der Waals surface area contributed by atoms with E-state index in [9.17, 15) is 4.79 Å². The van der Waals surface area contributed by atoms with Gasteiger partial charge in [0.1, 0.15) is 0 Å². The van der Waals surface area contributed by atoms with Crippen molar-refractivity contribution in [3.8, 4) is 22.6 Å². The van der Waals surface area contributed by atoms with Gasteiger partial charge >= 0.3 is 0 Å². The Morgan fingerprint density at radius 1 is 1.12 bits per heavy atom. The normalized spacial score (nSPS) is 11.3. The van der Waals surface area contributed by atoms with Gasteiger partial charge in [-0.3, -0.25) is 9.36 Å². The van der Waals surface area contributed by atoms with Gasteiger partial charge in [-0.05, 0) is 33.3 Å². The number of benzene rings is 1. The second kappa shape index (κ2) is 10.6. The maximum atomic E-state index is 12.6. The number of aromatic nitrogens is 4. The fourth-order valence-electron chi connectivity index (χ4n) is 3.39. The molecule has 0 bridgehead atoms. The van der Waals surface area contributed by atoms with E-state index < -0.39 is 0 Å². The molecule has 0 atom stereocenters. The number of thiazole rings is 1. The number of aryl methyl sites for hydroxylation is 2. The smallest absolute Gasteiger partial charge is 0.236 e. The number of anilines is 1. The van der Waals surface area contributed by atoms with Crippen LogP contribution in [0, 0.1) is 6.92 Å². The second-order valence-electron chi connectivity index (χ2n) is 8.06. The monoisotopic (exact) mass is 497 g/mol. The molecule has 6 nitrogen and oxygen atoms in total. The predicted molar refractivity (Wildman–Crippen MR) is 139 cm³/mol. The highest BCUT2D eigenvalue weighted by atomic mass is 32.2. The van der Waals surface area contributed by atoms with Crippen LogP contribution in [0.25, 0.3) is 22.6 Å². The van der Waals surface area contributed by atoms with Gasteiger partial charge in [0.15, 0.2) is 16.1 Å². The third-order valence-electron chi connectivity index (χ3n) is 5.02. The molecule has 0 aliphatic carbocycles. The molecule has 4 aromatic rings. The number of nitrogens with one attached hydrogen (secondary N) is 1. The van der Waals surface area contributed by atoms with Crippen molar-refractivity contribution in [2.24, 2.45) is 0 Å². The number of rotatable bonds is 9. The summed E-state index contributed by atoms with van der Waals surface area (Å²) in [5.74, 6) is 0.995. The summed E-state index contributed by atoms with van der Waals surface area (Å²) >= 11 is 4.59. The Balaban J connectivity index is 1.41. The van der Waals surface area contributed by atoms with Gasteiger partial charge in [0.25, 0.3) is 0 Å². The van der Waals surface area contributed by atoms with Crippen LogP contribution >= 0.6 is 34.4 Å². The first-order chi connectivity index (χ1) is 15.9. The van der Waals surface area contributed by atoms with E-state index in [-0.39, 0.29) is 17.7 Å². The second-order valence-corrected chi connectivity index (χ2v) is 10.9. The Bertz CT molecular complexity index is 1220. The quantitative estimate of drug-likeness (QED) is 0.260. The first-order valence-corrected chi connectivity index (χ1v) is 13.7. The zero-order valence-corrected chi connectivity index (χ0v) is 21.6. The van der Waals surface area contributed by atoms with E-state index in [1.165, 1.54) is 33.5 Å². The third kappa shape index (κ3) is 5.72. The lowest BCUT2D eigenvalue weighted by molar-refractivity contribution is -0.113. The van der Waals surface area contributed by atoms with Gasteiger partial charge in [-0.1, -0.05) is 54.9 Å². The highest BCUT2D eigenvalue weighted by Crippen LogP contribution is 2.31. The summed E-state index contributed by atoms with van der Waals surface area (Å²) in [6, 6.07) is 10.6. The largest absolute Gasteiger partial charge is 0.301 e. The lowest BCUT2D eigenvalue weighted by Gasteiger charge is -2.13. The van der Waals surface area contributed by atoms with Crippen LogP contribution in [0.4, 0.5) is 5.13 Å². The Labute approximate surface area is 206 Å². The number of amides is 1. The van der Waals surface area contributed by atoms with Gasteiger partial charge < -0.3 is 5.32 Å². The Kier molecular flexibility index (Phi) is 7.62. The molecule has 0 unspecified atom stereocenters. The molecule has 0 saturated carbocycles. The highest BCUT2D eigenvalue weighted by Gasteiger charge is 2.19. The summed E-state index contributed by atoms with van der Waals surface area (Å²) in [6.07, 6.45) is 2.20. The molecule has 172 valence electrons. The van der Waals surface area contributed by atoms with Gasteiger partial charge in [0.05, 0.1) is 11.4 Å². The van der Waals surface area contributed by atoms with Crippen molar-refractivity contribution in [3.05, 3.63) is 51.5 Å². The minimum absolute atomic E-state index is 0.106. The van der Waals surface area contributed by atoms with Crippen LogP contribution in [0.1, 0.15) is 43.7 Å². The summed E-state index contributed by atoms with van der Waals surface area (Å²) in [5.41, 5.74) is 4.20. The average Bonchev–Trinajstić information content (AvgIpc) is 3.52. The summed E-state index contributed by atoms with van der Waals surface area (Å²) in [5, 5.41) is 17.2. The molecule has 1 aromatic carbocycles. The molecule has 4 rings (SSSR count). The minimum atomic E-state index is -0.106. The SMILES string of the molecule is CCCc1cc(-c2nnc(SCC(=O)Nc3nc(-c4ccc(C)cc4)cs3)n2C(C)C)cs1. The number of hydrogen-bond donors (Lipinski definition) is 1. The first-order valence-electron chi connectivity index (χ1n) is 10.9. The van der Waals surface area contributed by atoms with Crippen LogP contribution in [0.2, 0.25) is 0 Å². The molecule has 0 saturated heterocycles. The molecule has 0 radical (unpaired) electrons. The number of carbonyl (C=O) groups is 1. The van der Waals surface area contributed by atoms with Crippen molar-refractivity contribution in [2.45, 2.75) is 51.7 Å². The van der Waals surface area contributed by atoms with Crippen LogP contribution in [-0.4, -0.2) is 31.4 Å². The van der Waals surface area contributed by atoms with E-state index in [0.717, 1.165) is 40.6 Å². The van der Waals surface area contributed by atoms with Crippen molar-refractivity contribution >= 4 is 45.5 Å². The molecule has 3 heterocycles. The maximum absolute atomic E-state index is 12.6. The van der Waals surface area contributed by atoms with E-state index in [0.29, 0.717) is 5.13 Å². The number of carbonyl (C=O) groups excluding carboxylic acids is 1.